The first-order valence-electron chi connectivity index (χ1n) is 5.21. The fourth-order valence-electron chi connectivity index (χ4n) is 1.57. The Hall–Kier alpha value is 1.60. The van der Waals surface area contributed by atoms with Crippen molar-refractivity contribution in [3.8, 4) is 0 Å². The topological polar surface area (TPSA) is 12.0 Å². The van der Waals surface area contributed by atoms with E-state index >= 15 is 0 Å². The molecule has 16 heteroatoms. The van der Waals surface area contributed by atoms with Gasteiger partial charge in [-0.1, -0.05) is 0 Å². The zero-order valence-electron chi connectivity index (χ0n) is 9.91. The van der Waals surface area contributed by atoms with Gasteiger partial charge in [-0.15, -0.1) is 0 Å². The molecule has 0 amide bonds. The summed E-state index contributed by atoms with van der Waals surface area (Å²) in [6, 6.07) is 0. The molecule has 16 heavy (non-hydrogen) atoms. The summed E-state index contributed by atoms with van der Waals surface area (Å²) in [5.41, 5.74) is 0. The van der Waals surface area contributed by atoms with Crippen LogP contribution in [0.25, 0.3) is 0 Å². The van der Waals surface area contributed by atoms with Gasteiger partial charge in [0.25, 0.3) is 0 Å². The van der Waals surface area contributed by atoms with Gasteiger partial charge in [0.15, 0.2) is 0 Å². The normalized spacial score (nSPS) is 10.2. The minimum absolute atomic E-state index is 0.501. The van der Waals surface area contributed by atoms with Crippen molar-refractivity contribution >= 4 is 123 Å². The summed E-state index contributed by atoms with van der Waals surface area (Å²) in [7, 11) is 40.6. The van der Waals surface area contributed by atoms with Crippen molar-refractivity contribution in [2.24, 2.45) is 0 Å². The van der Waals surface area contributed by atoms with E-state index in [4.69, 9.17) is 55.6 Å². The summed E-state index contributed by atoms with van der Waals surface area (Å²) >= 11 is 1.75. The van der Waals surface area contributed by atoms with Crippen molar-refractivity contribution in [3.05, 3.63) is 0 Å². The van der Waals surface area contributed by atoms with E-state index in [1.54, 1.807) is 22.9 Å². The molecule has 0 aromatic carbocycles. The smallest absolute Gasteiger partial charge is 0.129 e. The lowest BCUT2D eigenvalue weighted by molar-refractivity contribution is 1.79. The van der Waals surface area contributed by atoms with Crippen molar-refractivity contribution in [1.82, 2.24) is 3.43 Å². The first kappa shape index (κ1) is 15.7. The Labute approximate surface area is 127 Å². The second-order valence-corrected chi connectivity index (χ2v) is 4.22. The van der Waals surface area contributed by atoms with Crippen LogP contribution in [0, 0.1) is 0 Å². The third-order valence-corrected chi connectivity index (χ3v) is 3.10. The van der Waals surface area contributed by atoms with Crippen LogP contribution in [0.4, 0.5) is 0 Å². The third-order valence-electron chi connectivity index (χ3n) is 2.46. The number of halogens is 1. The molecule has 0 spiro atoms. The highest BCUT2D eigenvalue weighted by Crippen LogP contribution is 1.99. The van der Waals surface area contributed by atoms with E-state index in [2.05, 4.69) is 0 Å². The lowest BCUT2D eigenvalue weighted by atomic mass is 8.53. The molecule has 0 aliphatic carbocycles. The van der Waals surface area contributed by atoms with Gasteiger partial charge < -0.3 is 3.43 Å². The molecule has 55 valence electrons. The second-order valence-electron chi connectivity index (χ2n) is 3.67. The fraction of sp³-hybridized carbons (Fsp3) is 0. The standard InChI is InChI=1S/B14HIN/c1-8-12(9(2)3)14(16-15)13(10(4)5)11(6)7/h16H/i/hT. The van der Waals surface area contributed by atoms with Crippen molar-refractivity contribution in [1.29, 1.82) is 0 Å². The van der Waals surface area contributed by atoms with Crippen LogP contribution in [-0.2, 0) is 0 Å². The van der Waals surface area contributed by atoms with Crippen LogP contribution in [-0.4, -0.2) is 99.8 Å². The summed E-state index contributed by atoms with van der Waals surface area (Å²) in [4.78, 5) is 0. The molecule has 0 unspecified atom stereocenters. The van der Waals surface area contributed by atoms with Gasteiger partial charge in [-0.05, 0) is 0 Å². The molecule has 0 rings (SSSR count). The Morgan fingerprint density at radius 3 is 1.62 bits per heavy atom. The predicted molar refractivity (Wildman–Crippen MR) is 97.7 cm³/mol. The van der Waals surface area contributed by atoms with E-state index < -0.39 is 38.6 Å². The molecule has 0 aromatic rings. The molecule has 0 bridgehead atoms. The molecule has 0 aliphatic rings. The molecule has 0 aromatic heterocycles. The van der Waals surface area contributed by atoms with Crippen molar-refractivity contribution in [2.75, 3.05) is 0 Å². The first-order valence-corrected chi connectivity index (χ1v) is 5.73. The first-order chi connectivity index (χ1) is 7.73. The van der Waals surface area contributed by atoms with Crippen LogP contribution in [0.2, 0.25) is 1.41 Å². The summed E-state index contributed by atoms with van der Waals surface area (Å²) in [5, 5.41) is 0. The third kappa shape index (κ3) is 5.07. The zero-order chi connectivity index (χ0) is 13.7. The van der Waals surface area contributed by atoms with Gasteiger partial charge in [-0.3, -0.25) is 0 Å². The zero-order valence-corrected chi connectivity index (χ0v) is 11.1. The fourth-order valence-corrected chi connectivity index (χ4v) is 2.31. The van der Waals surface area contributed by atoms with Crippen LogP contribution < -0.4 is 3.43 Å². The van der Waals surface area contributed by atoms with Gasteiger partial charge >= 0.3 is 0 Å². The maximum absolute atomic E-state index is 7.69. The number of hydrogen-bond donors (Lipinski definition) is 1. The van der Waals surface area contributed by atoms with E-state index in [9.17, 15) is 0 Å². The second kappa shape index (κ2) is 8.66. The lowest BCUT2D eigenvalue weighted by Crippen LogP contribution is -2.74. The Balaban J connectivity index is 5.16. The molecule has 0 atom stereocenters. The molecule has 15 radical (unpaired) electrons. The number of rotatable bonds is 7. The Kier molecular flexibility index (Phi) is 8.47. The Morgan fingerprint density at radius 2 is 1.44 bits per heavy atom. The SMILES string of the molecule is [3H]N(I)B(B([B][B])B([B])[B])B(B([B])[B])B([B])[B]. The monoisotopic (exact) mass is 298 g/mol. The van der Waals surface area contributed by atoms with E-state index in [0.717, 1.165) is 3.43 Å². The van der Waals surface area contributed by atoms with Crippen LogP contribution in [0.5, 0.6) is 0 Å². The molecule has 0 aliphatic heterocycles. The largest absolute Gasteiger partial charge is 0.319 e. The number of hydrogen-bond acceptors (Lipinski definition) is 1. The minimum atomic E-state index is -0.802. The van der Waals surface area contributed by atoms with Crippen LogP contribution in [0.15, 0.2) is 0 Å². The average molecular weight is 295 g/mol. The Morgan fingerprint density at radius 1 is 1.00 bits per heavy atom. The quantitative estimate of drug-likeness (QED) is 0.282. The van der Waals surface area contributed by atoms with Crippen molar-refractivity contribution in [2.45, 2.75) is 0 Å². The van der Waals surface area contributed by atoms with Crippen molar-refractivity contribution in [3.63, 3.8) is 0 Å². The maximum atomic E-state index is 7.69. The van der Waals surface area contributed by atoms with Gasteiger partial charge in [-0.2, -0.15) is 0 Å². The summed E-state index contributed by atoms with van der Waals surface area (Å²) in [6.07, 6.45) is -3.43. The van der Waals surface area contributed by atoms with Gasteiger partial charge in [0.05, 0.1) is 0 Å². The number of nitrogens with one attached hydrogen (secondary N) is 1. The maximum Gasteiger partial charge on any atom is 0.129 e. The molecular weight excluding hydrogens is 292 g/mol. The van der Waals surface area contributed by atoms with E-state index in [1.807, 2.05) is 0 Å². The van der Waals surface area contributed by atoms with E-state index in [0.29, 0.717) is 0 Å². The molecule has 1 N–H and O–H groups in total. The van der Waals surface area contributed by atoms with E-state index in [1.165, 1.54) is 7.06 Å². The molecule has 0 fully saturated rings. The average Bonchev–Trinajstić information content (AvgIpc) is 2.15. The molecule has 0 saturated heterocycles. The molecule has 1 nitrogen and oxygen atoms in total. The van der Waals surface area contributed by atoms with Crippen molar-refractivity contribution < 1.29 is 1.41 Å². The highest BCUT2D eigenvalue weighted by Gasteiger charge is 2.38. The van der Waals surface area contributed by atoms with Crippen LogP contribution in [0.1, 0.15) is 0 Å². The Bertz CT molecular complexity index is 196. The highest BCUT2D eigenvalue weighted by molar-refractivity contribution is 14.1. The molecular formula is HB14IN. The van der Waals surface area contributed by atoms with Crippen LogP contribution in [0.3, 0.4) is 0 Å². The summed E-state index contributed by atoms with van der Waals surface area (Å²) < 4.78 is 8.79. The van der Waals surface area contributed by atoms with Crippen LogP contribution >= 0.6 is 22.9 Å². The van der Waals surface area contributed by atoms with Gasteiger partial charge in [0.1, 0.15) is 8.04 Å². The van der Waals surface area contributed by atoms with Gasteiger partial charge in [0, 0.05) is 116 Å². The highest BCUT2D eigenvalue weighted by atomic mass is 127. The summed E-state index contributed by atoms with van der Waals surface area (Å²) in [5.74, 6) is 0. The lowest BCUT2D eigenvalue weighted by Gasteiger charge is -2.34. The molecule has 0 heterocycles. The van der Waals surface area contributed by atoms with E-state index in [-0.39, 0.29) is 0 Å². The molecule has 0 saturated carbocycles. The van der Waals surface area contributed by atoms with Gasteiger partial charge in [-0.25, -0.2) is 0 Å². The van der Waals surface area contributed by atoms with Gasteiger partial charge in [0.2, 0.25) is 0 Å². The summed E-state index contributed by atoms with van der Waals surface area (Å²) in [6.45, 7) is -0.569. The predicted octanol–water partition coefficient (Wildman–Crippen LogP) is -4.94. The minimum Gasteiger partial charge on any atom is -0.319 e.